The van der Waals surface area contributed by atoms with Crippen LogP contribution in [0.1, 0.15) is 35.5 Å². The highest BCUT2D eigenvalue weighted by Gasteiger charge is 2.28. The van der Waals surface area contributed by atoms with Crippen LogP contribution in [-0.2, 0) is 13.0 Å². The standard InChI is InChI=1S/C22H24N2O6/c1-5-18-16(14-9-7-8-10-19(14)30-18)13-23(3)22(25)15-11-21(29-6-2)20(28-4)12-17(15)24(26)27/h7-12H,5-6,13H2,1-4H3. The summed E-state index contributed by atoms with van der Waals surface area (Å²) >= 11 is 0. The van der Waals surface area contributed by atoms with E-state index < -0.39 is 10.8 Å². The van der Waals surface area contributed by atoms with Crippen LogP contribution in [0.4, 0.5) is 5.69 Å². The predicted octanol–water partition coefficient (Wildman–Crippen LogP) is 4.58. The van der Waals surface area contributed by atoms with Crippen LogP contribution in [0.5, 0.6) is 11.5 Å². The zero-order valence-corrected chi connectivity index (χ0v) is 17.4. The van der Waals surface area contributed by atoms with E-state index in [1.807, 2.05) is 31.2 Å². The Bertz CT molecular complexity index is 1090. The first-order valence-corrected chi connectivity index (χ1v) is 9.65. The SMILES string of the molecule is CCOc1cc(C(=O)N(C)Cc2c(CC)oc3ccccc23)c([N+](=O)[O-])cc1OC. The molecule has 0 spiro atoms. The maximum absolute atomic E-state index is 13.2. The zero-order chi connectivity index (χ0) is 21.8. The monoisotopic (exact) mass is 412 g/mol. The van der Waals surface area contributed by atoms with Gasteiger partial charge >= 0.3 is 0 Å². The summed E-state index contributed by atoms with van der Waals surface area (Å²) in [6.45, 7) is 4.35. The molecule has 0 radical (unpaired) electrons. The van der Waals surface area contributed by atoms with Gasteiger partial charge in [-0.15, -0.1) is 0 Å². The number of aryl methyl sites for hydroxylation is 1. The van der Waals surface area contributed by atoms with Crippen LogP contribution in [0.15, 0.2) is 40.8 Å². The van der Waals surface area contributed by atoms with Crippen LogP contribution in [0.2, 0.25) is 0 Å². The molecule has 0 aliphatic heterocycles. The number of nitrogens with zero attached hydrogens (tertiary/aromatic N) is 2. The highest BCUT2D eigenvalue weighted by atomic mass is 16.6. The van der Waals surface area contributed by atoms with Crippen molar-refractivity contribution >= 4 is 22.6 Å². The summed E-state index contributed by atoms with van der Waals surface area (Å²) in [7, 11) is 3.00. The van der Waals surface area contributed by atoms with Gasteiger partial charge < -0.3 is 18.8 Å². The van der Waals surface area contributed by atoms with E-state index in [1.165, 1.54) is 24.1 Å². The van der Waals surface area contributed by atoms with Gasteiger partial charge in [-0.2, -0.15) is 0 Å². The number of carbonyl (C=O) groups is 1. The lowest BCUT2D eigenvalue weighted by Gasteiger charge is -2.19. The molecule has 8 heteroatoms. The van der Waals surface area contributed by atoms with Crippen LogP contribution in [0.25, 0.3) is 11.0 Å². The number of hydrogen-bond acceptors (Lipinski definition) is 6. The molecule has 0 fully saturated rings. The molecular formula is C22H24N2O6. The third-order valence-corrected chi connectivity index (χ3v) is 4.85. The maximum atomic E-state index is 13.2. The number of furan rings is 1. The molecule has 1 amide bonds. The van der Waals surface area contributed by atoms with Crippen molar-refractivity contribution in [3.63, 3.8) is 0 Å². The first kappa shape index (κ1) is 21.2. The van der Waals surface area contributed by atoms with Gasteiger partial charge in [0.15, 0.2) is 11.5 Å². The quantitative estimate of drug-likeness (QED) is 0.397. The molecule has 8 nitrogen and oxygen atoms in total. The molecule has 0 aliphatic carbocycles. The van der Waals surface area contributed by atoms with Crippen LogP contribution < -0.4 is 9.47 Å². The molecule has 3 aromatic rings. The van der Waals surface area contributed by atoms with Crippen molar-refractivity contribution in [2.45, 2.75) is 26.8 Å². The number of rotatable bonds is 8. The summed E-state index contributed by atoms with van der Waals surface area (Å²) in [4.78, 5) is 25.6. The minimum atomic E-state index is -0.593. The number of nitro groups is 1. The van der Waals surface area contributed by atoms with Crippen molar-refractivity contribution in [2.24, 2.45) is 0 Å². The van der Waals surface area contributed by atoms with Crippen molar-refractivity contribution in [3.05, 3.63) is 63.4 Å². The van der Waals surface area contributed by atoms with E-state index in [4.69, 9.17) is 13.9 Å². The lowest BCUT2D eigenvalue weighted by molar-refractivity contribution is -0.385. The predicted molar refractivity (Wildman–Crippen MR) is 112 cm³/mol. The van der Waals surface area contributed by atoms with Gasteiger partial charge in [-0.25, -0.2) is 0 Å². The molecule has 30 heavy (non-hydrogen) atoms. The molecule has 0 bridgehead atoms. The Morgan fingerprint density at radius 1 is 1.20 bits per heavy atom. The molecular weight excluding hydrogens is 388 g/mol. The van der Waals surface area contributed by atoms with Crippen LogP contribution in [0.3, 0.4) is 0 Å². The number of amides is 1. The molecule has 0 saturated carbocycles. The molecule has 0 N–H and O–H groups in total. The molecule has 158 valence electrons. The van der Waals surface area contributed by atoms with E-state index in [2.05, 4.69) is 0 Å². The van der Waals surface area contributed by atoms with E-state index in [9.17, 15) is 14.9 Å². The number of carbonyl (C=O) groups excluding carboxylic acids is 1. The number of para-hydroxylation sites is 1. The number of fused-ring (bicyclic) bond motifs is 1. The lowest BCUT2D eigenvalue weighted by Crippen LogP contribution is -2.27. The molecule has 0 aliphatic rings. The Balaban J connectivity index is 2.00. The van der Waals surface area contributed by atoms with E-state index >= 15 is 0 Å². The Hall–Kier alpha value is -3.55. The van der Waals surface area contributed by atoms with Gasteiger partial charge in [-0.3, -0.25) is 14.9 Å². The number of benzene rings is 2. The fourth-order valence-electron chi connectivity index (χ4n) is 3.42. The molecule has 0 atom stereocenters. The number of hydrogen-bond donors (Lipinski definition) is 0. The molecule has 0 unspecified atom stereocenters. The Morgan fingerprint density at radius 3 is 2.57 bits per heavy atom. The summed E-state index contributed by atoms with van der Waals surface area (Å²) in [6, 6.07) is 10.2. The highest BCUT2D eigenvalue weighted by Crippen LogP contribution is 2.36. The fourth-order valence-corrected chi connectivity index (χ4v) is 3.42. The molecule has 1 heterocycles. The number of ether oxygens (including phenoxy) is 2. The average molecular weight is 412 g/mol. The van der Waals surface area contributed by atoms with Crippen LogP contribution in [0, 0.1) is 10.1 Å². The van der Waals surface area contributed by atoms with E-state index in [-0.39, 0.29) is 29.3 Å². The van der Waals surface area contributed by atoms with Crippen molar-refractivity contribution in [2.75, 3.05) is 20.8 Å². The third kappa shape index (κ3) is 3.94. The molecule has 2 aromatic carbocycles. The lowest BCUT2D eigenvalue weighted by atomic mass is 10.1. The van der Waals surface area contributed by atoms with Crippen molar-refractivity contribution in [3.8, 4) is 11.5 Å². The summed E-state index contributed by atoms with van der Waals surface area (Å²) in [5.41, 5.74) is 1.25. The Kier molecular flexibility index (Phi) is 6.25. The summed E-state index contributed by atoms with van der Waals surface area (Å²) < 4.78 is 16.6. The normalized spacial score (nSPS) is 10.8. The molecule has 1 aromatic heterocycles. The highest BCUT2D eigenvalue weighted by molar-refractivity contribution is 5.99. The van der Waals surface area contributed by atoms with Crippen LogP contribution >= 0.6 is 0 Å². The summed E-state index contributed by atoms with van der Waals surface area (Å²) in [5.74, 6) is 0.787. The van der Waals surface area contributed by atoms with Gasteiger partial charge in [-0.05, 0) is 13.0 Å². The van der Waals surface area contributed by atoms with Gasteiger partial charge in [0.25, 0.3) is 11.6 Å². The topological polar surface area (TPSA) is 95.0 Å². The second-order valence-electron chi connectivity index (χ2n) is 6.73. The second-order valence-corrected chi connectivity index (χ2v) is 6.73. The van der Waals surface area contributed by atoms with Gasteiger partial charge in [0.2, 0.25) is 0 Å². The maximum Gasteiger partial charge on any atom is 0.286 e. The zero-order valence-electron chi connectivity index (χ0n) is 17.4. The van der Waals surface area contributed by atoms with Gasteiger partial charge in [-0.1, -0.05) is 25.1 Å². The summed E-state index contributed by atoms with van der Waals surface area (Å²) in [6.07, 6.45) is 0.670. The Labute approximate surface area is 174 Å². The van der Waals surface area contributed by atoms with Gasteiger partial charge in [0.1, 0.15) is 16.9 Å². The minimum absolute atomic E-state index is 0.0578. The number of methoxy groups -OCH3 is 1. The smallest absolute Gasteiger partial charge is 0.286 e. The van der Waals surface area contributed by atoms with Crippen molar-refractivity contribution in [1.29, 1.82) is 0 Å². The number of nitro benzene ring substituents is 1. The molecule has 3 rings (SSSR count). The van der Waals surface area contributed by atoms with E-state index in [1.54, 1.807) is 14.0 Å². The fraction of sp³-hybridized carbons (Fsp3) is 0.318. The third-order valence-electron chi connectivity index (χ3n) is 4.85. The largest absolute Gasteiger partial charge is 0.493 e. The average Bonchev–Trinajstić information content (AvgIpc) is 3.10. The van der Waals surface area contributed by atoms with Crippen molar-refractivity contribution < 1.29 is 23.6 Å². The van der Waals surface area contributed by atoms with Crippen molar-refractivity contribution in [1.82, 2.24) is 4.90 Å². The second kappa shape index (κ2) is 8.86. The van der Waals surface area contributed by atoms with E-state index in [0.29, 0.717) is 13.0 Å². The Morgan fingerprint density at radius 2 is 1.93 bits per heavy atom. The minimum Gasteiger partial charge on any atom is -0.493 e. The van der Waals surface area contributed by atoms with Gasteiger partial charge in [0.05, 0.1) is 24.7 Å². The van der Waals surface area contributed by atoms with E-state index in [0.717, 1.165) is 22.3 Å². The molecule has 0 saturated heterocycles. The van der Waals surface area contributed by atoms with Gasteiger partial charge in [0, 0.05) is 37.0 Å². The summed E-state index contributed by atoms with van der Waals surface area (Å²) in [5, 5.41) is 12.5. The van der Waals surface area contributed by atoms with Crippen LogP contribution in [-0.4, -0.2) is 36.5 Å². The first-order chi connectivity index (χ1) is 14.4. The first-order valence-electron chi connectivity index (χ1n) is 9.65.